The molecule has 6 nitrogen and oxygen atoms in total. The summed E-state index contributed by atoms with van der Waals surface area (Å²) in [7, 11) is 0. The van der Waals surface area contributed by atoms with Crippen molar-refractivity contribution in [3.05, 3.63) is 35.9 Å². The van der Waals surface area contributed by atoms with Crippen molar-refractivity contribution in [2.45, 2.75) is 63.5 Å². The number of nitrogens with zero attached hydrogens (tertiary/aromatic N) is 2. The number of rotatable bonds is 4. The van der Waals surface area contributed by atoms with E-state index in [2.05, 4.69) is 0 Å². The molecule has 2 saturated heterocycles. The van der Waals surface area contributed by atoms with E-state index < -0.39 is 12.0 Å². The maximum Gasteiger partial charge on any atom is 0.326 e. The summed E-state index contributed by atoms with van der Waals surface area (Å²) in [4.78, 5) is 41.5. The molecule has 4 unspecified atom stereocenters. The molecule has 2 aliphatic heterocycles. The number of carboxylic acids is 1. The quantitative estimate of drug-likeness (QED) is 0.846. The number of piperidine rings is 1. The van der Waals surface area contributed by atoms with Crippen LogP contribution in [0.2, 0.25) is 0 Å². The highest BCUT2D eigenvalue weighted by atomic mass is 16.4. The zero-order chi connectivity index (χ0) is 20.4. The smallest absolute Gasteiger partial charge is 0.326 e. The predicted molar refractivity (Wildman–Crippen MR) is 108 cm³/mol. The maximum atomic E-state index is 13.4. The fourth-order valence-electron chi connectivity index (χ4n) is 5.50. The van der Waals surface area contributed by atoms with Crippen molar-refractivity contribution >= 4 is 17.8 Å². The molecular formula is C23H30N2O4. The predicted octanol–water partition coefficient (Wildman–Crippen LogP) is 2.71. The van der Waals surface area contributed by atoms with Gasteiger partial charge >= 0.3 is 5.97 Å². The lowest BCUT2D eigenvalue weighted by atomic mass is 9.84. The Hall–Kier alpha value is -2.37. The van der Waals surface area contributed by atoms with Crippen LogP contribution in [0.15, 0.2) is 30.3 Å². The molecule has 156 valence electrons. The molecule has 1 aromatic carbocycles. The van der Waals surface area contributed by atoms with Crippen LogP contribution in [0, 0.1) is 11.8 Å². The lowest BCUT2D eigenvalue weighted by Gasteiger charge is -2.38. The molecule has 1 aliphatic carbocycles. The molecule has 2 amide bonds. The average Bonchev–Trinajstić information content (AvgIpc) is 3.14. The number of carbonyl (C=O) groups excluding carboxylic acids is 2. The van der Waals surface area contributed by atoms with E-state index in [1.165, 1.54) is 0 Å². The molecule has 1 aromatic rings. The molecule has 0 bridgehead atoms. The summed E-state index contributed by atoms with van der Waals surface area (Å²) in [6.07, 6.45) is 6.55. The van der Waals surface area contributed by atoms with E-state index in [-0.39, 0.29) is 23.8 Å². The van der Waals surface area contributed by atoms with Crippen molar-refractivity contribution in [3.63, 3.8) is 0 Å². The standard InChI is InChI=1S/C23H30N2O4/c26-21(13-16-7-2-1-3-8-16)24-12-6-10-18(15-24)22(27)25-19-11-5-4-9-17(19)14-20(25)23(28)29/h1-3,7-8,17-20H,4-6,9-15H2,(H,28,29). The van der Waals surface area contributed by atoms with Gasteiger partial charge in [0, 0.05) is 19.1 Å². The summed E-state index contributed by atoms with van der Waals surface area (Å²) in [5, 5.41) is 9.72. The first-order chi connectivity index (χ1) is 14.0. The fourth-order valence-corrected chi connectivity index (χ4v) is 5.50. The van der Waals surface area contributed by atoms with Crippen molar-refractivity contribution in [2.75, 3.05) is 13.1 Å². The van der Waals surface area contributed by atoms with E-state index in [1.54, 1.807) is 9.80 Å². The third-order valence-electron chi connectivity index (χ3n) is 6.95. The first-order valence-electron chi connectivity index (χ1n) is 10.9. The van der Waals surface area contributed by atoms with E-state index in [1.807, 2.05) is 30.3 Å². The summed E-state index contributed by atoms with van der Waals surface area (Å²) < 4.78 is 0. The van der Waals surface area contributed by atoms with E-state index in [0.29, 0.717) is 31.8 Å². The van der Waals surface area contributed by atoms with Crippen molar-refractivity contribution < 1.29 is 19.5 Å². The number of amides is 2. The van der Waals surface area contributed by atoms with Crippen molar-refractivity contribution in [1.29, 1.82) is 0 Å². The fraction of sp³-hybridized carbons (Fsp3) is 0.609. The van der Waals surface area contributed by atoms with Gasteiger partial charge in [-0.05, 0) is 43.6 Å². The van der Waals surface area contributed by atoms with Crippen LogP contribution in [-0.4, -0.2) is 57.9 Å². The molecule has 4 rings (SSSR count). The highest BCUT2D eigenvalue weighted by Crippen LogP contribution is 2.41. The van der Waals surface area contributed by atoms with Crippen molar-refractivity contribution in [3.8, 4) is 0 Å². The van der Waals surface area contributed by atoms with E-state index >= 15 is 0 Å². The lowest BCUT2D eigenvalue weighted by Crippen LogP contribution is -2.52. The number of fused-ring (bicyclic) bond motifs is 1. The molecule has 3 aliphatic rings. The minimum absolute atomic E-state index is 0.0421. The van der Waals surface area contributed by atoms with Gasteiger partial charge in [0.2, 0.25) is 11.8 Å². The summed E-state index contributed by atoms with van der Waals surface area (Å²) in [6.45, 7) is 1.08. The summed E-state index contributed by atoms with van der Waals surface area (Å²) in [6, 6.07) is 9.01. The normalized spacial score (nSPS) is 29.4. The second-order valence-corrected chi connectivity index (χ2v) is 8.79. The molecule has 29 heavy (non-hydrogen) atoms. The van der Waals surface area contributed by atoms with Gasteiger partial charge in [0.25, 0.3) is 0 Å². The minimum Gasteiger partial charge on any atom is -0.480 e. The van der Waals surface area contributed by atoms with Crippen LogP contribution < -0.4 is 0 Å². The zero-order valence-corrected chi connectivity index (χ0v) is 16.8. The topological polar surface area (TPSA) is 77.9 Å². The van der Waals surface area contributed by atoms with Crippen molar-refractivity contribution in [2.24, 2.45) is 11.8 Å². The summed E-state index contributed by atoms with van der Waals surface area (Å²) >= 11 is 0. The number of hydrogen-bond donors (Lipinski definition) is 1. The Morgan fingerprint density at radius 1 is 1.00 bits per heavy atom. The number of hydrogen-bond acceptors (Lipinski definition) is 3. The number of carbonyl (C=O) groups is 3. The number of carboxylic acid groups (broad SMARTS) is 1. The van der Waals surface area contributed by atoms with E-state index in [0.717, 1.165) is 44.1 Å². The third-order valence-corrected chi connectivity index (χ3v) is 6.95. The SMILES string of the molecule is O=C(O)C1CC2CCCCC2N1C(=O)C1CCCN(C(=O)Cc2ccccc2)C1. The first-order valence-corrected chi connectivity index (χ1v) is 10.9. The molecule has 3 fully saturated rings. The number of aliphatic carboxylic acids is 1. The van der Waals surface area contributed by atoms with Crippen LogP contribution in [0.1, 0.15) is 50.5 Å². The molecule has 2 heterocycles. The second kappa shape index (κ2) is 8.56. The molecule has 0 radical (unpaired) electrons. The minimum atomic E-state index is -0.888. The van der Waals surface area contributed by atoms with Gasteiger partial charge in [-0.1, -0.05) is 43.2 Å². The molecule has 4 atom stereocenters. The van der Waals surface area contributed by atoms with Crippen LogP contribution in [-0.2, 0) is 20.8 Å². The Bertz CT molecular complexity index is 765. The lowest BCUT2D eigenvalue weighted by molar-refractivity contribution is -0.153. The van der Waals surface area contributed by atoms with Gasteiger partial charge in [-0.25, -0.2) is 4.79 Å². The van der Waals surface area contributed by atoms with Crippen LogP contribution in [0.4, 0.5) is 0 Å². The number of benzene rings is 1. The van der Waals surface area contributed by atoms with Gasteiger partial charge in [0.1, 0.15) is 6.04 Å². The van der Waals surface area contributed by atoms with Gasteiger partial charge < -0.3 is 14.9 Å². The van der Waals surface area contributed by atoms with Gasteiger partial charge in [-0.2, -0.15) is 0 Å². The van der Waals surface area contributed by atoms with Gasteiger partial charge in [0.15, 0.2) is 0 Å². The zero-order valence-electron chi connectivity index (χ0n) is 16.8. The second-order valence-electron chi connectivity index (χ2n) is 8.79. The van der Waals surface area contributed by atoms with Crippen LogP contribution in [0.5, 0.6) is 0 Å². The van der Waals surface area contributed by atoms with E-state index in [9.17, 15) is 19.5 Å². The van der Waals surface area contributed by atoms with Gasteiger partial charge in [-0.3, -0.25) is 9.59 Å². The molecule has 0 aromatic heterocycles. The highest BCUT2D eigenvalue weighted by Gasteiger charge is 2.49. The highest BCUT2D eigenvalue weighted by molar-refractivity contribution is 5.87. The Balaban J connectivity index is 1.45. The first kappa shape index (κ1) is 19.9. The molecule has 0 spiro atoms. The maximum absolute atomic E-state index is 13.4. The Kier molecular flexibility index (Phi) is 5.88. The molecule has 6 heteroatoms. The van der Waals surface area contributed by atoms with Crippen LogP contribution >= 0.6 is 0 Å². The van der Waals surface area contributed by atoms with Gasteiger partial charge in [0.05, 0.1) is 12.3 Å². The van der Waals surface area contributed by atoms with Crippen molar-refractivity contribution in [1.82, 2.24) is 9.80 Å². The third kappa shape index (κ3) is 4.16. The Labute approximate surface area is 171 Å². The Morgan fingerprint density at radius 3 is 2.52 bits per heavy atom. The monoisotopic (exact) mass is 398 g/mol. The molecule has 1 saturated carbocycles. The van der Waals surface area contributed by atoms with Crippen LogP contribution in [0.25, 0.3) is 0 Å². The molecule has 1 N–H and O–H groups in total. The number of likely N-dealkylation sites (tertiary alicyclic amines) is 2. The molecular weight excluding hydrogens is 368 g/mol. The summed E-state index contributed by atoms with van der Waals surface area (Å²) in [5.41, 5.74) is 0.974. The average molecular weight is 399 g/mol. The van der Waals surface area contributed by atoms with Crippen LogP contribution in [0.3, 0.4) is 0 Å². The van der Waals surface area contributed by atoms with E-state index in [4.69, 9.17) is 0 Å². The largest absolute Gasteiger partial charge is 0.480 e. The summed E-state index contributed by atoms with van der Waals surface area (Å²) in [5.74, 6) is -0.871. The van der Waals surface area contributed by atoms with Gasteiger partial charge in [-0.15, -0.1) is 0 Å². The Morgan fingerprint density at radius 2 is 1.76 bits per heavy atom.